The topological polar surface area (TPSA) is 69.1 Å². The Balaban J connectivity index is 1.76. The molecular formula is C26H24N2O2. The van der Waals surface area contributed by atoms with Gasteiger partial charge in [0.25, 0.3) is 0 Å². The standard InChI is InChI=1S/C26H24N2O2/c1-2-21-25-20(13-16-28-21)23(29)22(24(30-25)18-7-4-3-5-8-18)17-9-11-19(12-10-17)26(27)14-6-15-26/h3-5,7-13,16H,2,6,14-15,27H2,1H3. The number of fused-ring (bicyclic) bond motifs is 1. The van der Waals surface area contributed by atoms with Crippen LogP contribution in [0.1, 0.15) is 37.4 Å². The maximum absolute atomic E-state index is 13.6. The molecule has 1 aliphatic rings. The van der Waals surface area contributed by atoms with E-state index in [4.69, 9.17) is 10.2 Å². The van der Waals surface area contributed by atoms with Crippen molar-refractivity contribution in [2.24, 2.45) is 5.73 Å². The van der Waals surface area contributed by atoms with Gasteiger partial charge in [0.2, 0.25) is 5.43 Å². The lowest BCUT2D eigenvalue weighted by molar-refractivity contribution is 0.253. The summed E-state index contributed by atoms with van der Waals surface area (Å²) in [4.78, 5) is 18.0. The molecule has 1 fully saturated rings. The average Bonchev–Trinajstić information content (AvgIpc) is 2.78. The molecule has 0 bridgehead atoms. The van der Waals surface area contributed by atoms with Gasteiger partial charge in [-0.1, -0.05) is 61.5 Å². The quantitative estimate of drug-likeness (QED) is 0.500. The lowest BCUT2D eigenvalue weighted by atomic mass is 9.72. The van der Waals surface area contributed by atoms with Crippen LogP contribution in [0, 0.1) is 0 Å². The summed E-state index contributed by atoms with van der Waals surface area (Å²) in [6.07, 6.45) is 5.56. The zero-order valence-corrected chi connectivity index (χ0v) is 17.0. The van der Waals surface area contributed by atoms with E-state index in [1.54, 1.807) is 12.3 Å². The van der Waals surface area contributed by atoms with Gasteiger partial charge in [0.15, 0.2) is 5.58 Å². The Hall–Kier alpha value is -3.24. The lowest BCUT2D eigenvalue weighted by Crippen LogP contribution is -2.43. The molecule has 0 aliphatic heterocycles. The second-order valence-electron chi connectivity index (χ2n) is 8.08. The largest absolute Gasteiger partial charge is 0.453 e. The molecule has 0 amide bonds. The fourth-order valence-corrected chi connectivity index (χ4v) is 4.30. The van der Waals surface area contributed by atoms with Crippen molar-refractivity contribution in [3.63, 3.8) is 0 Å². The number of nitrogens with two attached hydrogens (primary N) is 1. The van der Waals surface area contributed by atoms with Crippen molar-refractivity contribution >= 4 is 11.0 Å². The van der Waals surface area contributed by atoms with E-state index < -0.39 is 0 Å². The molecule has 1 saturated carbocycles. The molecule has 4 heteroatoms. The molecule has 2 aromatic heterocycles. The molecule has 4 nitrogen and oxygen atoms in total. The SMILES string of the molecule is CCc1nccc2c(=O)c(-c3ccc(C4(N)CCC4)cc3)c(-c3ccccc3)oc12. The summed E-state index contributed by atoms with van der Waals surface area (Å²) < 4.78 is 6.38. The fraction of sp³-hybridized carbons (Fsp3) is 0.231. The number of hydrogen-bond acceptors (Lipinski definition) is 4. The fourth-order valence-electron chi connectivity index (χ4n) is 4.30. The number of pyridine rings is 1. The molecular weight excluding hydrogens is 372 g/mol. The molecule has 0 radical (unpaired) electrons. The van der Waals surface area contributed by atoms with Crippen LogP contribution in [0.25, 0.3) is 33.4 Å². The van der Waals surface area contributed by atoms with Crippen LogP contribution in [0.4, 0.5) is 0 Å². The van der Waals surface area contributed by atoms with Gasteiger partial charge in [-0.3, -0.25) is 9.78 Å². The summed E-state index contributed by atoms with van der Waals surface area (Å²) in [5.41, 5.74) is 11.0. The molecule has 2 N–H and O–H groups in total. The van der Waals surface area contributed by atoms with Crippen molar-refractivity contribution in [3.8, 4) is 22.5 Å². The first kappa shape index (κ1) is 18.8. The van der Waals surface area contributed by atoms with E-state index in [0.717, 1.165) is 35.2 Å². The predicted molar refractivity (Wildman–Crippen MR) is 120 cm³/mol. The normalized spacial score (nSPS) is 15.1. The second-order valence-corrected chi connectivity index (χ2v) is 8.08. The van der Waals surface area contributed by atoms with Crippen LogP contribution in [0.2, 0.25) is 0 Å². The monoisotopic (exact) mass is 396 g/mol. The van der Waals surface area contributed by atoms with Gasteiger partial charge in [0, 0.05) is 17.3 Å². The highest BCUT2D eigenvalue weighted by Crippen LogP contribution is 2.40. The average molecular weight is 396 g/mol. The highest BCUT2D eigenvalue weighted by atomic mass is 16.3. The Morgan fingerprint density at radius 3 is 2.37 bits per heavy atom. The summed E-state index contributed by atoms with van der Waals surface area (Å²) in [7, 11) is 0. The van der Waals surface area contributed by atoms with Crippen molar-refractivity contribution in [2.75, 3.05) is 0 Å². The molecule has 150 valence electrons. The Morgan fingerprint density at radius 2 is 1.73 bits per heavy atom. The van der Waals surface area contributed by atoms with Crippen molar-refractivity contribution in [3.05, 3.63) is 88.3 Å². The molecule has 30 heavy (non-hydrogen) atoms. The number of rotatable bonds is 4. The first-order chi connectivity index (χ1) is 14.6. The molecule has 5 rings (SSSR count). The van der Waals surface area contributed by atoms with Crippen LogP contribution < -0.4 is 11.2 Å². The number of hydrogen-bond donors (Lipinski definition) is 1. The van der Waals surface area contributed by atoms with Crippen LogP contribution in [0.15, 0.2) is 76.1 Å². The molecule has 2 aromatic carbocycles. The van der Waals surface area contributed by atoms with Gasteiger partial charge < -0.3 is 10.2 Å². The first-order valence-electron chi connectivity index (χ1n) is 10.5. The maximum Gasteiger partial charge on any atom is 0.201 e. The van der Waals surface area contributed by atoms with E-state index in [-0.39, 0.29) is 11.0 Å². The Morgan fingerprint density at radius 1 is 1.00 bits per heavy atom. The summed E-state index contributed by atoms with van der Waals surface area (Å²) in [6.45, 7) is 2.01. The first-order valence-corrected chi connectivity index (χ1v) is 10.5. The predicted octanol–water partition coefficient (Wildman–Crippen LogP) is 5.42. The minimum absolute atomic E-state index is 0.0361. The minimum atomic E-state index is -0.226. The smallest absolute Gasteiger partial charge is 0.201 e. The third-order valence-electron chi connectivity index (χ3n) is 6.25. The zero-order valence-electron chi connectivity index (χ0n) is 17.0. The van der Waals surface area contributed by atoms with Crippen molar-refractivity contribution in [1.82, 2.24) is 4.98 Å². The number of nitrogens with zero attached hydrogens (tertiary/aromatic N) is 1. The van der Waals surface area contributed by atoms with E-state index >= 15 is 0 Å². The molecule has 0 spiro atoms. The van der Waals surface area contributed by atoms with Crippen molar-refractivity contribution in [2.45, 2.75) is 38.1 Å². The summed E-state index contributed by atoms with van der Waals surface area (Å²) in [5.74, 6) is 0.578. The van der Waals surface area contributed by atoms with E-state index in [2.05, 4.69) is 17.1 Å². The second kappa shape index (κ2) is 7.22. The van der Waals surface area contributed by atoms with Gasteiger partial charge in [-0.05, 0) is 42.9 Å². The van der Waals surface area contributed by atoms with Crippen LogP contribution in [0.3, 0.4) is 0 Å². The maximum atomic E-state index is 13.6. The van der Waals surface area contributed by atoms with Gasteiger partial charge in [-0.25, -0.2) is 0 Å². The molecule has 0 atom stereocenters. The Kier molecular flexibility index (Phi) is 4.52. The molecule has 2 heterocycles. The van der Waals surface area contributed by atoms with Crippen LogP contribution in [-0.2, 0) is 12.0 Å². The number of aryl methyl sites for hydroxylation is 1. The minimum Gasteiger partial charge on any atom is -0.453 e. The number of benzene rings is 2. The van der Waals surface area contributed by atoms with E-state index in [0.29, 0.717) is 28.7 Å². The third kappa shape index (κ3) is 2.96. The zero-order chi connectivity index (χ0) is 20.7. The molecule has 0 unspecified atom stereocenters. The van der Waals surface area contributed by atoms with Crippen LogP contribution in [-0.4, -0.2) is 4.98 Å². The van der Waals surface area contributed by atoms with E-state index in [9.17, 15) is 4.79 Å². The van der Waals surface area contributed by atoms with E-state index in [1.165, 1.54) is 6.42 Å². The van der Waals surface area contributed by atoms with Gasteiger partial charge in [0.1, 0.15) is 5.76 Å². The van der Waals surface area contributed by atoms with Gasteiger partial charge in [-0.2, -0.15) is 0 Å². The molecule has 4 aromatic rings. The molecule has 0 saturated heterocycles. The number of aromatic nitrogens is 1. The highest BCUT2D eigenvalue weighted by Gasteiger charge is 2.34. The lowest BCUT2D eigenvalue weighted by Gasteiger charge is -2.38. The molecule has 1 aliphatic carbocycles. The highest BCUT2D eigenvalue weighted by molar-refractivity contribution is 5.89. The van der Waals surface area contributed by atoms with Crippen molar-refractivity contribution < 1.29 is 4.42 Å². The van der Waals surface area contributed by atoms with Crippen LogP contribution >= 0.6 is 0 Å². The van der Waals surface area contributed by atoms with E-state index in [1.807, 2.05) is 49.4 Å². The van der Waals surface area contributed by atoms with Gasteiger partial charge >= 0.3 is 0 Å². The van der Waals surface area contributed by atoms with Gasteiger partial charge in [0.05, 0.1) is 16.6 Å². The third-order valence-corrected chi connectivity index (χ3v) is 6.25. The van der Waals surface area contributed by atoms with Gasteiger partial charge in [-0.15, -0.1) is 0 Å². The Labute approximate surface area is 175 Å². The Bertz CT molecular complexity index is 1270. The summed E-state index contributed by atoms with van der Waals surface area (Å²) in [6, 6.07) is 19.6. The summed E-state index contributed by atoms with van der Waals surface area (Å²) in [5, 5.41) is 0.565. The van der Waals surface area contributed by atoms with Crippen LogP contribution in [0.5, 0.6) is 0 Å². The summed E-state index contributed by atoms with van der Waals surface area (Å²) >= 11 is 0. The van der Waals surface area contributed by atoms with Crippen molar-refractivity contribution in [1.29, 1.82) is 0 Å².